The van der Waals surface area contributed by atoms with Gasteiger partial charge in [0.25, 0.3) is 0 Å². The summed E-state index contributed by atoms with van der Waals surface area (Å²) in [5, 5.41) is 36.3. The molecular weight excluding hydrogens is 294 g/mol. The van der Waals surface area contributed by atoms with E-state index in [2.05, 4.69) is 10.2 Å². The van der Waals surface area contributed by atoms with Crippen molar-refractivity contribution in [1.29, 1.82) is 0 Å². The second-order valence-corrected chi connectivity index (χ2v) is 5.27. The van der Waals surface area contributed by atoms with Gasteiger partial charge in [-0.2, -0.15) is 5.10 Å². The van der Waals surface area contributed by atoms with Gasteiger partial charge in [0, 0.05) is 25.0 Å². The number of hydrogen-bond acceptors (Lipinski definition) is 5. The molecule has 0 aliphatic heterocycles. The molecule has 1 aromatic carbocycles. The number of rotatable bonds is 8. The third-order valence-electron chi connectivity index (χ3n) is 3.50. The minimum Gasteiger partial charge on any atom is -0.395 e. The maximum Gasteiger partial charge on any atom is 0.0816 e. The van der Waals surface area contributed by atoms with Crippen LogP contribution in [0.15, 0.2) is 18.3 Å². The van der Waals surface area contributed by atoms with E-state index in [1.807, 2.05) is 11.0 Å². The van der Waals surface area contributed by atoms with E-state index in [4.69, 9.17) is 21.8 Å². The number of aromatic nitrogens is 2. The molecule has 0 bridgehead atoms. The number of nitrogens with zero attached hydrogens (tertiary/aromatic N) is 2. The molecule has 0 aliphatic carbocycles. The van der Waals surface area contributed by atoms with Gasteiger partial charge in [-0.25, -0.2) is 0 Å². The highest BCUT2D eigenvalue weighted by Crippen LogP contribution is 2.31. The van der Waals surface area contributed by atoms with Gasteiger partial charge < -0.3 is 15.3 Å². The molecule has 0 spiro atoms. The SMILES string of the molecule is OCCN(CCO)CCC(O)c1ccc2[nH]ncc2c1Cl. The van der Waals surface area contributed by atoms with Crippen molar-refractivity contribution in [3.8, 4) is 0 Å². The normalized spacial score (nSPS) is 13.2. The summed E-state index contributed by atoms with van der Waals surface area (Å²) in [6.07, 6.45) is 1.41. The topological polar surface area (TPSA) is 92.6 Å². The highest BCUT2D eigenvalue weighted by atomic mass is 35.5. The van der Waals surface area contributed by atoms with E-state index < -0.39 is 6.10 Å². The monoisotopic (exact) mass is 313 g/mol. The Morgan fingerprint density at radius 2 is 1.90 bits per heavy atom. The number of halogens is 1. The van der Waals surface area contributed by atoms with Crippen LogP contribution in [0, 0.1) is 0 Å². The Morgan fingerprint density at radius 1 is 1.19 bits per heavy atom. The van der Waals surface area contributed by atoms with Crippen molar-refractivity contribution in [3.63, 3.8) is 0 Å². The number of hydrogen-bond donors (Lipinski definition) is 4. The van der Waals surface area contributed by atoms with Gasteiger partial charge in [0.15, 0.2) is 0 Å². The van der Waals surface area contributed by atoms with Crippen molar-refractivity contribution in [3.05, 3.63) is 28.9 Å². The lowest BCUT2D eigenvalue weighted by Crippen LogP contribution is -2.31. The molecule has 2 rings (SSSR count). The van der Waals surface area contributed by atoms with Crippen molar-refractivity contribution in [2.45, 2.75) is 12.5 Å². The van der Waals surface area contributed by atoms with Crippen LogP contribution in [0.1, 0.15) is 18.1 Å². The molecule has 21 heavy (non-hydrogen) atoms. The lowest BCUT2D eigenvalue weighted by Gasteiger charge is -2.22. The molecule has 0 aliphatic rings. The van der Waals surface area contributed by atoms with Crippen LogP contribution in [0.25, 0.3) is 10.9 Å². The van der Waals surface area contributed by atoms with E-state index >= 15 is 0 Å². The van der Waals surface area contributed by atoms with Crippen LogP contribution in [0.4, 0.5) is 0 Å². The number of aliphatic hydroxyl groups is 3. The Balaban J connectivity index is 2.04. The van der Waals surface area contributed by atoms with Crippen molar-refractivity contribution in [2.75, 3.05) is 32.8 Å². The van der Waals surface area contributed by atoms with Crippen LogP contribution < -0.4 is 0 Å². The summed E-state index contributed by atoms with van der Waals surface area (Å²) in [5.74, 6) is 0. The third kappa shape index (κ3) is 3.93. The average molecular weight is 314 g/mol. The van der Waals surface area contributed by atoms with Crippen LogP contribution in [0.3, 0.4) is 0 Å². The van der Waals surface area contributed by atoms with Crippen molar-refractivity contribution >= 4 is 22.5 Å². The first-order chi connectivity index (χ1) is 10.2. The fourth-order valence-corrected chi connectivity index (χ4v) is 2.68. The zero-order valence-corrected chi connectivity index (χ0v) is 12.4. The molecule has 116 valence electrons. The Kier molecular flexibility index (Phi) is 5.96. The van der Waals surface area contributed by atoms with Crippen LogP contribution in [0.5, 0.6) is 0 Å². The van der Waals surface area contributed by atoms with E-state index in [0.717, 1.165) is 10.9 Å². The number of benzene rings is 1. The lowest BCUT2D eigenvalue weighted by molar-refractivity contribution is 0.118. The van der Waals surface area contributed by atoms with Crippen molar-refractivity contribution in [1.82, 2.24) is 15.1 Å². The van der Waals surface area contributed by atoms with Crippen LogP contribution in [-0.2, 0) is 0 Å². The maximum atomic E-state index is 10.3. The molecule has 1 heterocycles. The summed E-state index contributed by atoms with van der Waals surface area (Å²) in [6.45, 7) is 1.57. The molecule has 0 saturated carbocycles. The molecular formula is C14H20ClN3O3. The summed E-state index contributed by atoms with van der Waals surface area (Å²) in [4.78, 5) is 1.90. The lowest BCUT2D eigenvalue weighted by atomic mass is 10.0. The van der Waals surface area contributed by atoms with Gasteiger partial charge in [0.05, 0.1) is 36.1 Å². The van der Waals surface area contributed by atoms with E-state index in [9.17, 15) is 5.11 Å². The van der Waals surface area contributed by atoms with Gasteiger partial charge in [-0.3, -0.25) is 10.00 Å². The average Bonchev–Trinajstić information content (AvgIpc) is 2.95. The molecule has 1 unspecified atom stereocenters. The molecule has 1 aromatic heterocycles. The predicted octanol–water partition coefficient (Wildman–Crippen LogP) is 0.926. The summed E-state index contributed by atoms with van der Waals surface area (Å²) >= 11 is 6.30. The van der Waals surface area contributed by atoms with Crippen molar-refractivity contribution < 1.29 is 15.3 Å². The highest BCUT2D eigenvalue weighted by molar-refractivity contribution is 6.36. The summed E-state index contributed by atoms with van der Waals surface area (Å²) in [6, 6.07) is 3.63. The number of H-pyrrole nitrogens is 1. The first-order valence-corrected chi connectivity index (χ1v) is 7.28. The minimum absolute atomic E-state index is 0.0256. The number of nitrogens with one attached hydrogen (secondary N) is 1. The molecule has 7 heteroatoms. The molecule has 0 radical (unpaired) electrons. The van der Waals surface area contributed by atoms with Gasteiger partial charge in [-0.1, -0.05) is 17.7 Å². The fourth-order valence-electron chi connectivity index (χ4n) is 2.34. The summed E-state index contributed by atoms with van der Waals surface area (Å²) in [5.41, 5.74) is 1.50. The quantitative estimate of drug-likeness (QED) is 0.582. The highest BCUT2D eigenvalue weighted by Gasteiger charge is 2.16. The van der Waals surface area contributed by atoms with E-state index in [0.29, 0.717) is 36.6 Å². The Labute approximate surface area is 128 Å². The third-order valence-corrected chi connectivity index (χ3v) is 3.92. The molecule has 0 saturated heterocycles. The summed E-state index contributed by atoms with van der Waals surface area (Å²) < 4.78 is 0. The van der Waals surface area contributed by atoms with Gasteiger partial charge in [0.2, 0.25) is 0 Å². The number of aromatic amines is 1. The zero-order chi connectivity index (χ0) is 15.2. The minimum atomic E-state index is -0.698. The molecule has 0 fully saturated rings. The smallest absolute Gasteiger partial charge is 0.0816 e. The fraction of sp³-hybridized carbons (Fsp3) is 0.500. The van der Waals surface area contributed by atoms with Crippen LogP contribution in [-0.4, -0.2) is 63.3 Å². The number of fused-ring (bicyclic) bond motifs is 1. The Hall–Kier alpha value is -1.18. The molecule has 2 aromatic rings. The van der Waals surface area contributed by atoms with Crippen LogP contribution >= 0.6 is 11.6 Å². The van der Waals surface area contributed by atoms with Gasteiger partial charge in [-0.15, -0.1) is 0 Å². The van der Waals surface area contributed by atoms with Crippen molar-refractivity contribution in [2.24, 2.45) is 0 Å². The number of aliphatic hydroxyl groups excluding tert-OH is 3. The molecule has 1 atom stereocenters. The van der Waals surface area contributed by atoms with E-state index in [-0.39, 0.29) is 13.2 Å². The second-order valence-electron chi connectivity index (χ2n) is 4.89. The van der Waals surface area contributed by atoms with Crippen LogP contribution in [0.2, 0.25) is 5.02 Å². The molecule has 6 nitrogen and oxygen atoms in total. The zero-order valence-electron chi connectivity index (χ0n) is 11.7. The maximum absolute atomic E-state index is 10.3. The second kappa shape index (κ2) is 7.72. The first-order valence-electron chi connectivity index (χ1n) is 6.91. The Morgan fingerprint density at radius 3 is 2.57 bits per heavy atom. The standard InChI is InChI=1S/C14H20ClN3O3/c15-14-10(1-2-12-11(14)9-16-17-12)13(21)3-4-18(5-7-19)6-8-20/h1-2,9,13,19-21H,3-8H2,(H,16,17). The van der Waals surface area contributed by atoms with Gasteiger partial charge in [-0.05, 0) is 18.1 Å². The van der Waals surface area contributed by atoms with Gasteiger partial charge in [0.1, 0.15) is 0 Å². The van der Waals surface area contributed by atoms with Gasteiger partial charge >= 0.3 is 0 Å². The summed E-state index contributed by atoms with van der Waals surface area (Å²) in [7, 11) is 0. The predicted molar refractivity (Wildman–Crippen MR) is 81.3 cm³/mol. The Bertz CT molecular complexity index is 570. The largest absolute Gasteiger partial charge is 0.395 e. The first kappa shape index (κ1) is 16.2. The van der Waals surface area contributed by atoms with E-state index in [1.165, 1.54) is 0 Å². The van der Waals surface area contributed by atoms with E-state index in [1.54, 1.807) is 12.3 Å². The molecule has 0 amide bonds. The molecule has 4 N–H and O–H groups in total.